The Bertz CT molecular complexity index is 1190. The van der Waals surface area contributed by atoms with Gasteiger partial charge in [-0.1, -0.05) is 42.5 Å². The quantitative estimate of drug-likeness (QED) is 0.549. The molecule has 2 aromatic carbocycles. The number of carbonyl (C=O) groups is 2. The number of anilines is 1. The number of hydrogen-bond acceptors (Lipinski definition) is 4. The highest BCUT2D eigenvalue weighted by molar-refractivity contribution is 5.96. The maximum atomic E-state index is 13.3. The summed E-state index contributed by atoms with van der Waals surface area (Å²) in [6.07, 6.45) is -2.36. The fraction of sp³-hybridized carbons (Fsp3) is 0.296. The van der Waals surface area contributed by atoms with Crippen molar-refractivity contribution in [1.82, 2.24) is 15.2 Å². The molecule has 2 amide bonds. The van der Waals surface area contributed by atoms with E-state index in [1.54, 1.807) is 12.1 Å². The number of pyridine rings is 1. The van der Waals surface area contributed by atoms with E-state index in [0.29, 0.717) is 30.9 Å². The highest BCUT2D eigenvalue weighted by Crippen LogP contribution is 2.32. The molecule has 1 atom stereocenters. The van der Waals surface area contributed by atoms with Crippen molar-refractivity contribution in [2.45, 2.75) is 25.6 Å². The van der Waals surface area contributed by atoms with Gasteiger partial charge in [-0.05, 0) is 43.2 Å². The summed E-state index contributed by atoms with van der Waals surface area (Å²) >= 11 is 0. The first-order valence-corrected chi connectivity index (χ1v) is 11.7. The second kappa shape index (κ2) is 10.8. The number of alkyl halides is 3. The molecule has 0 saturated carbocycles. The van der Waals surface area contributed by atoms with Crippen LogP contribution in [0, 0.1) is 0 Å². The molecular formula is C27H27F3N4O2. The van der Waals surface area contributed by atoms with Gasteiger partial charge >= 0.3 is 6.18 Å². The molecule has 188 valence electrons. The van der Waals surface area contributed by atoms with Crippen LogP contribution in [0.1, 0.15) is 38.8 Å². The van der Waals surface area contributed by atoms with E-state index < -0.39 is 17.6 Å². The largest absolute Gasteiger partial charge is 0.417 e. The fourth-order valence-electron chi connectivity index (χ4n) is 4.26. The molecule has 0 bridgehead atoms. The van der Waals surface area contributed by atoms with Crippen molar-refractivity contribution in [3.8, 4) is 0 Å². The highest BCUT2D eigenvalue weighted by Gasteiger charge is 2.36. The Morgan fingerprint density at radius 1 is 0.944 bits per heavy atom. The molecule has 1 unspecified atom stereocenters. The average Bonchev–Trinajstić information content (AvgIpc) is 2.88. The lowest BCUT2D eigenvalue weighted by atomic mass is 10.1. The molecule has 1 aromatic heterocycles. The van der Waals surface area contributed by atoms with Gasteiger partial charge in [-0.25, -0.2) is 4.98 Å². The molecule has 0 aliphatic carbocycles. The number of piperazine rings is 1. The number of carbonyl (C=O) groups excluding carboxylic acids is 2. The van der Waals surface area contributed by atoms with Gasteiger partial charge in [0.15, 0.2) is 0 Å². The first-order chi connectivity index (χ1) is 17.2. The minimum atomic E-state index is -4.59. The predicted octanol–water partition coefficient (Wildman–Crippen LogP) is 4.42. The summed E-state index contributed by atoms with van der Waals surface area (Å²) in [7, 11) is 0. The van der Waals surface area contributed by atoms with Crippen molar-refractivity contribution >= 4 is 17.6 Å². The molecule has 1 N–H and O–H groups in total. The molecule has 1 aliphatic heterocycles. The third kappa shape index (κ3) is 6.02. The standard InChI is InChI=1S/C27H27F3N4O2/c1-19(17-20-7-3-2-4-8-20)32-25(35)21-11-12-24(31-18-21)33-13-15-34(16-14-33)26(36)22-9-5-6-10-23(22)27(28,29)30/h2-12,18-19H,13-17H2,1H3,(H,32,35). The van der Waals surface area contributed by atoms with Crippen LogP contribution in [-0.4, -0.2) is 53.9 Å². The molecule has 3 aromatic rings. The van der Waals surface area contributed by atoms with E-state index in [1.165, 1.54) is 29.3 Å². The number of halogens is 3. The predicted molar refractivity (Wildman–Crippen MR) is 131 cm³/mol. The number of amides is 2. The molecular weight excluding hydrogens is 469 g/mol. The minimum absolute atomic E-state index is 0.0485. The molecule has 4 rings (SSSR count). The zero-order valence-corrected chi connectivity index (χ0v) is 19.8. The summed E-state index contributed by atoms with van der Waals surface area (Å²) in [4.78, 5) is 33.1. The third-order valence-corrected chi connectivity index (χ3v) is 6.13. The van der Waals surface area contributed by atoms with Crippen LogP contribution in [-0.2, 0) is 12.6 Å². The maximum Gasteiger partial charge on any atom is 0.417 e. The summed E-state index contributed by atoms with van der Waals surface area (Å²) in [5.74, 6) is -0.199. The number of nitrogens with one attached hydrogen (secondary N) is 1. The summed E-state index contributed by atoms with van der Waals surface area (Å²) in [6.45, 7) is 3.33. The molecule has 1 saturated heterocycles. The number of hydrogen-bond donors (Lipinski definition) is 1. The van der Waals surface area contributed by atoms with Crippen LogP contribution in [0.4, 0.5) is 19.0 Å². The lowest BCUT2D eigenvalue weighted by molar-refractivity contribution is -0.138. The summed E-state index contributed by atoms with van der Waals surface area (Å²) in [6, 6.07) is 18.1. The summed E-state index contributed by atoms with van der Waals surface area (Å²) in [5, 5.41) is 2.98. The monoisotopic (exact) mass is 496 g/mol. The van der Waals surface area contributed by atoms with Crippen molar-refractivity contribution in [1.29, 1.82) is 0 Å². The van der Waals surface area contributed by atoms with E-state index in [1.807, 2.05) is 42.2 Å². The van der Waals surface area contributed by atoms with Crippen molar-refractivity contribution < 1.29 is 22.8 Å². The number of benzene rings is 2. The molecule has 1 aliphatic rings. The number of nitrogens with zero attached hydrogens (tertiary/aromatic N) is 3. The molecule has 0 radical (unpaired) electrons. The lowest BCUT2D eigenvalue weighted by Gasteiger charge is -2.35. The first-order valence-electron chi connectivity index (χ1n) is 11.7. The fourth-order valence-corrected chi connectivity index (χ4v) is 4.26. The zero-order valence-electron chi connectivity index (χ0n) is 19.8. The zero-order chi connectivity index (χ0) is 25.7. The third-order valence-electron chi connectivity index (χ3n) is 6.13. The minimum Gasteiger partial charge on any atom is -0.353 e. The maximum absolute atomic E-state index is 13.3. The van der Waals surface area contributed by atoms with E-state index in [9.17, 15) is 22.8 Å². The van der Waals surface area contributed by atoms with Crippen LogP contribution < -0.4 is 10.2 Å². The first kappa shape index (κ1) is 25.2. The Kier molecular flexibility index (Phi) is 7.57. The van der Waals surface area contributed by atoms with Crippen LogP contribution in [0.5, 0.6) is 0 Å². The van der Waals surface area contributed by atoms with Gasteiger partial charge in [-0.2, -0.15) is 13.2 Å². The topological polar surface area (TPSA) is 65.5 Å². The summed E-state index contributed by atoms with van der Waals surface area (Å²) < 4.78 is 39.9. The SMILES string of the molecule is CC(Cc1ccccc1)NC(=O)c1ccc(N2CCN(C(=O)c3ccccc3C(F)(F)F)CC2)nc1. The van der Waals surface area contributed by atoms with Crippen molar-refractivity contribution in [2.75, 3.05) is 31.1 Å². The Hall–Kier alpha value is -3.88. The van der Waals surface area contributed by atoms with Gasteiger partial charge in [-0.15, -0.1) is 0 Å². The van der Waals surface area contributed by atoms with E-state index in [0.717, 1.165) is 11.6 Å². The van der Waals surface area contributed by atoms with Crippen LogP contribution in [0.15, 0.2) is 72.9 Å². The van der Waals surface area contributed by atoms with E-state index in [-0.39, 0.29) is 30.6 Å². The molecule has 6 nitrogen and oxygen atoms in total. The molecule has 2 heterocycles. The number of rotatable bonds is 6. The van der Waals surface area contributed by atoms with Gasteiger partial charge in [0.1, 0.15) is 5.82 Å². The molecule has 0 spiro atoms. The van der Waals surface area contributed by atoms with Crippen LogP contribution in [0.2, 0.25) is 0 Å². The van der Waals surface area contributed by atoms with Gasteiger partial charge in [0.25, 0.3) is 11.8 Å². The highest BCUT2D eigenvalue weighted by atomic mass is 19.4. The Labute approximate surface area is 207 Å². The van der Waals surface area contributed by atoms with Gasteiger partial charge in [0, 0.05) is 38.4 Å². The van der Waals surface area contributed by atoms with Crippen LogP contribution in [0.3, 0.4) is 0 Å². The second-order valence-corrected chi connectivity index (χ2v) is 8.79. The average molecular weight is 497 g/mol. The Morgan fingerprint density at radius 3 is 2.25 bits per heavy atom. The molecule has 36 heavy (non-hydrogen) atoms. The second-order valence-electron chi connectivity index (χ2n) is 8.79. The Balaban J connectivity index is 1.32. The van der Waals surface area contributed by atoms with E-state index in [2.05, 4.69) is 10.3 Å². The number of aromatic nitrogens is 1. The summed E-state index contributed by atoms with van der Waals surface area (Å²) in [5.41, 5.74) is 0.314. The van der Waals surface area contributed by atoms with Gasteiger partial charge in [0.2, 0.25) is 0 Å². The van der Waals surface area contributed by atoms with E-state index >= 15 is 0 Å². The molecule has 1 fully saturated rings. The van der Waals surface area contributed by atoms with Gasteiger partial charge in [-0.3, -0.25) is 9.59 Å². The van der Waals surface area contributed by atoms with Crippen LogP contribution in [0.25, 0.3) is 0 Å². The van der Waals surface area contributed by atoms with Crippen molar-refractivity contribution in [3.63, 3.8) is 0 Å². The Morgan fingerprint density at radius 2 is 1.61 bits per heavy atom. The van der Waals surface area contributed by atoms with Crippen molar-refractivity contribution in [2.24, 2.45) is 0 Å². The van der Waals surface area contributed by atoms with Crippen LogP contribution >= 0.6 is 0 Å². The van der Waals surface area contributed by atoms with Gasteiger partial charge in [0.05, 0.1) is 16.7 Å². The normalized spacial score (nSPS) is 14.9. The molecule has 9 heteroatoms. The van der Waals surface area contributed by atoms with E-state index in [4.69, 9.17) is 0 Å². The van der Waals surface area contributed by atoms with Crippen molar-refractivity contribution in [3.05, 3.63) is 95.2 Å². The lowest BCUT2D eigenvalue weighted by Crippen LogP contribution is -2.49. The van der Waals surface area contributed by atoms with Gasteiger partial charge < -0.3 is 15.1 Å². The smallest absolute Gasteiger partial charge is 0.353 e.